The number of carbonyl (C=O) groups excluding carboxylic acids is 1. The molecule has 1 aromatic rings. The van der Waals surface area contributed by atoms with Gasteiger partial charge in [-0.25, -0.2) is 0 Å². The topological polar surface area (TPSA) is 53.0 Å². The lowest BCUT2D eigenvalue weighted by molar-refractivity contribution is -0.133. The number of nitrogens with zero attached hydrogens (tertiary/aromatic N) is 2. The van der Waals surface area contributed by atoms with E-state index in [0.717, 1.165) is 24.4 Å². The fourth-order valence-electron chi connectivity index (χ4n) is 2.95. The van der Waals surface area contributed by atoms with Gasteiger partial charge in [-0.3, -0.25) is 9.69 Å². The third-order valence-corrected chi connectivity index (χ3v) is 4.31. The van der Waals surface area contributed by atoms with Crippen molar-refractivity contribution in [1.82, 2.24) is 9.80 Å². The first-order valence-electron chi connectivity index (χ1n) is 8.47. The summed E-state index contributed by atoms with van der Waals surface area (Å²) in [5, 5.41) is 9.27. The minimum absolute atomic E-state index is 0.0120. The van der Waals surface area contributed by atoms with E-state index in [4.69, 9.17) is 4.74 Å². The van der Waals surface area contributed by atoms with Crippen LogP contribution in [-0.2, 0) is 11.3 Å². The molecule has 1 saturated heterocycles. The van der Waals surface area contributed by atoms with Crippen LogP contribution in [0.1, 0.15) is 31.2 Å². The van der Waals surface area contributed by atoms with Crippen molar-refractivity contribution in [2.75, 3.05) is 39.9 Å². The molecule has 0 aliphatic carbocycles. The van der Waals surface area contributed by atoms with Gasteiger partial charge in [0.1, 0.15) is 5.75 Å². The maximum atomic E-state index is 12.6. The van der Waals surface area contributed by atoms with Crippen molar-refractivity contribution in [2.45, 2.75) is 32.2 Å². The Hall–Kier alpha value is -1.59. The van der Waals surface area contributed by atoms with Gasteiger partial charge in [0, 0.05) is 13.1 Å². The molecule has 1 aromatic carbocycles. The van der Waals surface area contributed by atoms with E-state index < -0.39 is 0 Å². The minimum Gasteiger partial charge on any atom is -0.497 e. The Labute approximate surface area is 138 Å². The number of ether oxygens (including phenoxy) is 1. The number of aliphatic hydroxyl groups excluding tert-OH is 1. The number of hydrogen-bond donors (Lipinski definition) is 1. The maximum Gasteiger partial charge on any atom is 0.237 e. The third kappa shape index (κ3) is 5.84. The Kier molecular flexibility index (Phi) is 7.36. The van der Waals surface area contributed by atoms with Gasteiger partial charge < -0.3 is 14.7 Å². The lowest BCUT2D eigenvalue weighted by Crippen LogP contribution is -2.41. The molecular formula is C18H28N2O3. The molecule has 0 spiro atoms. The van der Waals surface area contributed by atoms with Crippen LogP contribution in [0.3, 0.4) is 0 Å². The molecule has 0 aromatic heterocycles. The molecule has 2 rings (SSSR count). The molecule has 128 valence electrons. The highest BCUT2D eigenvalue weighted by atomic mass is 16.5. The fourth-order valence-corrected chi connectivity index (χ4v) is 2.95. The first kappa shape index (κ1) is 17.8. The van der Waals surface area contributed by atoms with Gasteiger partial charge in [0.25, 0.3) is 0 Å². The molecule has 23 heavy (non-hydrogen) atoms. The van der Waals surface area contributed by atoms with E-state index in [1.807, 2.05) is 24.3 Å². The van der Waals surface area contributed by atoms with Gasteiger partial charge in [-0.1, -0.05) is 25.0 Å². The molecule has 1 aliphatic rings. The Morgan fingerprint density at radius 1 is 1.17 bits per heavy atom. The molecule has 0 radical (unpaired) electrons. The van der Waals surface area contributed by atoms with Crippen molar-refractivity contribution in [3.8, 4) is 5.75 Å². The fraction of sp³-hybridized carbons (Fsp3) is 0.611. The van der Waals surface area contributed by atoms with Crippen molar-refractivity contribution >= 4 is 5.91 Å². The Morgan fingerprint density at radius 3 is 2.39 bits per heavy atom. The largest absolute Gasteiger partial charge is 0.497 e. The summed E-state index contributed by atoms with van der Waals surface area (Å²) in [6.07, 6.45) is 4.87. The summed E-state index contributed by atoms with van der Waals surface area (Å²) in [6, 6.07) is 7.71. The quantitative estimate of drug-likeness (QED) is 0.833. The standard InChI is InChI=1S/C18H28N2O3/c1-23-17-8-6-16(7-9-17)14-20(12-13-21)18(22)15-19-10-4-2-3-5-11-19/h6-9,21H,2-5,10-15H2,1H3. The Bertz CT molecular complexity index is 468. The molecular weight excluding hydrogens is 292 g/mol. The first-order chi connectivity index (χ1) is 11.2. The number of benzene rings is 1. The molecule has 1 heterocycles. The van der Waals surface area contributed by atoms with E-state index in [1.165, 1.54) is 25.7 Å². The summed E-state index contributed by atoms with van der Waals surface area (Å²) in [5.74, 6) is 0.898. The van der Waals surface area contributed by atoms with Crippen LogP contribution in [0.25, 0.3) is 0 Å². The number of methoxy groups -OCH3 is 1. The summed E-state index contributed by atoms with van der Waals surface area (Å²) >= 11 is 0. The van der Waals surface area contributed by atoms with Crippen LogP contribution in [0, 0.1) is 0 Å². The molecule has 5 nitrogen and oxygen atoms in total. The molecule has 0 saturated carbocycles. The predicted octanol–water partition coefficient (Wildman–Crippen LogP) is 1.89. The van der Waals surface area contributed by atoms with Crippen LogP contribution < -0.4 is 4.74 Å². The molecule has 1 aliphatic heterocycles. The normalized spacial score (nSPS) is 15.9. The monoisotopic (exact) mass is 320 g/mol. The number of amides is 1. The van der Waals surface area contributed by atoms with E-state index in [-0.39, 0.29) is 12.5 Å². The average molecular weight is 320 g/mol. The summed E-state index contributed by atoms with van der Waals surface area (Å²) in [7, 11) is 1.64. The Balaban J connectivity index is 1.93. The van der Waals surface area contributed by atoms with E-state index in [0.29, 0.717) is 19.6 Å². The highest BCUT2D eigenvalue weighted by Gasteiger charge is 2.18. The molecule has 0 bridgehead atoms. The number of rotatable bonds is 7. The third-order valence-electron chi connectivity index (χ3n) is 4.31. The van der Waals surface area contributed by atoms with Crippen molar-refractivity contribution < 1.29 is 14.6 Å². The zero-order valence-electron chi connectivity index (χ0n) is 14.0. The van der Waals surface area contributed by atoms with Crippen molar-refractivity contribution in [1.29, 1.82) is 0 Å². The minimum atomic E-state index is -0.0120. The second kappa shape index (κ2) is 9.53. The van der Waals surface area contributed by atoms with Crippen LogP contribution in [0.5, 0.6) is 5.75 Å². The zero-order chi connectivity index (χ0) is 16.5. The van der Waals surface area contributed by atoms with E-state index >= 15 is 0 Å². The molecule has 1 fully saturated rings. The first-order valence-corrected chi connectivity index (χ1v) is 8.47. The summed E-state index contributed by atoms with van der Waals surface area (Å²) in [5.41, 5.74) is 1.04. The van der Waals surface area contributed by atoms with Crippen LogP contribution in [0.4, 0.5) is 0 Å². The zero-order valence-corrected chi connectivity index (χ0v) is 14.0. The second-order valence-electron chi connectivity index (χ2n) is 6.08. The van der Waals surface area contributed by atoms with Crippen LogP contribution in [0.15, 0.2) is 24.3 Å². The van der Waals surface area contributed by atoms with E-state index in [1.54, 1.807) is 12.0 Å². The SMILES string of the molecule is COc1ccc(CN(CCO)C(=O)CN2CCCCCC2)cc1. The van der Waals surface area contributed by atoms with Gasteiger partial charge >= 0.3 is 0 Å². The number of carbonyl (C=O) groups is 1. The molecule has 0 unspecified atom stereocenters. The van der Waals surface area contributed by atoms with Crippen molar-refractivity contribution in [3.05, 3.63) is 29.8 Å². The summed E-state index contributed by atoms with van der Waals surface area (Å²) < 4.78 is 5.15. The number of hydrogen-bond acceptors (Lipinski definition) is 4. The van der Waals surface area contributed by atoms with Gasteiger partial charge in [-0.2, -0.15) is 0 Å². The van der Waals surface area contributed by atoms with Crippen LogP contribution in [-0.4, -0.2) is 60.7 Å². The van der Waals surface area contributed by atoms with Crippen LogP contribution >= 0.6 is 0 Å². The lowest BCUT2D eigenvalue weighted by Gasteiger charge is -2.26. The smallest absolute Gasteiger partial charge is 0.237 e. The molecule has 1 N–H and O–H groups in total. The van der Waals surface area contributed by atoms with Gasteiger partial charge in [-0.05, 0) is 43.6 Å². The summed E-state index contributed by atoms with van der Waals surface area (Å²) in [6.45, 7) is 3.34. The maximum absolute atomic E-state index is 12.6. The Morgan fingerprint density at radius 2 is 1.83 bits per heavy atom. The molecule has 5 heteroatoms. The molecule has 0 atom stereocenters. The van der Waals surface area contributed by atoms with E-state index in [2.05, 4.69) is 4.90 Å². The number of likely N-dealkylation sites (tertiary alicyclic amines) is 1. The van der Waals surface area contributed by atoms with E-state index in [9.17, 15) is 9.90 Å². The van der Waals surface area contributed by atoms with Gasteiger partial charge in [0.05, 0.1) is 20.3 Å². The second-order valence-corrected chi connectivity index (χ2v) is 6.08. The highest BCUT2D eigenvalue weighted by Crippen LogP contribution is 2.14. The van der Waals surface area contributed by atoms with Gasteiger partial charge in [0.2, 0.25) is 5.91 Å². The molecule has 1 amide bonds. The van der Waals surface area contributed by atoms with Gasteiger partial charge in [0.15, 0.2) is 0 Å². The van der Waals surface area contributed by atoms with Crippen LogP contribution in [0.2, 0.25) is 0 Å². The average Bonchev–Trinajstić information content (AvgIpc) is 2.83. The van der Waals surface area contributed by atoms with Crippen molar-refractivity contribution in [3.63, 3.8) is 0 Å². The van der Waals surface area contributed by atoms with Gasteiger partial charge in [-0.15, -0.1) is 0 Å². The summed E-state index contributed by atoms with van der Waals surface area (Å²) in [4.78, 5) is 16.6. The van der Waals surface area contributed by atoms with Crippen molar-refractivity contribution in [2.24, 2.45) is 0 Å². The highest BCUT2D eigenvalue weighted by molar-refractivity contribution is 5.78. The predicted molar refractivity (Wildman–Crippen MR) is 90.4 cm³/mol. The lowest BCUT2D eigenvalue weighted by atomic mass is 10.2. The number of aliphatic hydroxyl groups is 1.